The van der Waals surface area contributed by atoms with Crippen LogP contribution in [0.1, 0.15) is 15.2 Å². The summed E-state index contributed by atoms with van der Waals surface area (Å²) in [5.74, 6) is 1.58. The number of nitrogens with zero attached hydrogens (tertiary/aromatic N) is 2. The molecule has 0 fully saturated rings. The van der Waals surface area contributed by atoms with Gasteiger partial charge in [0.15, 0.2) is 10.8 Å². The maximum absolute atomic E-state index is 12.4. The van der Waals surface area contributed by atoms with Crippen molar-refractivity contribution in [2.45, 2.75) is 6.92 Å². The number of ether oxygens (including phenoxy) is 1. The number of pyridine rings is 1. The highest BCUT2D eigenvalue weighted by Crippen LogP contribution is 2.26. The van der Waals surface area contributed by atoms with Gasteiger partial charge in [-0.05, 0) is 48.9 Å². The molecule has 6 nitrogen and oxygen atoms in total. The minimum absolute atomic E-state index is 0.223. The summed E-state index contributed by atoms with van der Waals surface area (Å²) in [5, 5.41) is 3.51. The van der Waals surface area contributed by atoms with Gasteiger partial charge in [-0.25, -0.2) is 9.97 Å². The first-order chi connectivity index (χ1) is 13.2. The van der Waals surface area contributed by atoms with Crippen molar-refractivity contribution < 1.29 is 13.9 Å². The quantitative estimate of drug-likeness (QED) is 0.520. The molecule has 0 spiro atoms. The number of hydrogen-bond acceptors (Lipinski definition) is 6. The summed E-state index contributed by atoms with van der Waals surface area (Å²) >= 11 is 1.27. The van der Waals surface area contributed by atoms with Crippen LogP contribution in [0.5, 0.6) is 11.6 Å². The van der Waals surface area contributed by atoms with E-state index < -0.39 is 0 Å². The molecule has 0 bridgehead atoms. The molecule has 3 heterocycles. The van der Waals surface area contributed by atoms with Crippen molar-refractivity contribution in [3.63, 3.8) is 0 Å². The predicted molar refractivity (Wildman–Crippen MR) is 103 cm³/mol. The summed E-state index contributed by atoms with van der Waals surface area (Å²) in [6.45, 7) is 1.97. The molecule has 0 radical (unpaired) electrons. The van der Waals surface area contributed by atoms with E-state index in [9.17, 15) is 4.79 Å². The number of aryl methyl sites for hydroxylation is 1. The van der Waals surface area contributed by atoms with E-state index in [0.717, 1.165) is 5.56 Å². The van der Waals surface area contributed by atoms with E-state index in [4.69, 9.17) is 9.15 Å². The number of benzene rings is 1. The molecule has 0 saturated carbocycles. The molecule has 0 aliphatic heterocycles. The summed E-state index contributed by atoms with van der Waals surface area (Å²) < 4.78 is 11.0. The first-order valence-corrected chi connectivity index (χ1v) is 9.01. The Bertz CT molecular complexity index is 1040. The topological polar surface area (TPSA) is 77.2 Å². The minimum atomic E-state index is -0.223. The summed E-state index contributed by atoms with van der Waals surface area (Å²) in [7, 11) is 0. The van der Waals surface area contributed by atoms with Gasteiger partial charge >= 0.3 is 0 Å². The number of furan rings is 1. The fourth-order valence-electron chi connectivity index (χ4n) is 2.33. The molecule has 1 N–H and O–H groups in total. The van der Waals surface area contributed by atoms with Crippen molar-refractivity contribution in [2.24, 2.45) is 0 Å². The Labute approximate surface area is 159 Å². The normalized spacial score (nSPS) is 10.6. The van der Waals surface area contributed by atoms with Crippen LogP contribution in [-0.2, 0) is 0 Å². The number of carbonyl (C=O) groups excluding carboxylic acids is 1. The molecule has 3 aromatic heterocycles. The SMILES string of the molecule is Cc1ccc(Oc2ccc(NC(=O)c3cnc(-c4ccco4)s3)cc2)nc1. The Morgan fingerprint density at radius 1 is 1.07 bits per heavy atom. The molecule has 7 heteroatoms. The highest BCUT2D eigenvalue weighted by molar-refractivity contribution is 7.17. The molecule has 0 aliphatic rings. The van der Waals surface area contributed by atoms with Gasteiger partial charge in [-0.2, -0.15) is 0 Å². The van der Waals surface area contributed by atoms with Gasteiger partial charge in [-0.1, -0.05) is 6.07 Å². The van der Waals surface area contributed by atoms with Crippen molar-refractivity contribution >= 4 is 22.9 Å². The Kier molecular flexibility index (Phi) is 4.67. The van der Waals surface area contributed by atoms with Crippen molar-refractivity contribution in [1.29, 1.82) is 0 Å². The van der Waals surface area contributed by atoms with Crippen molar-refractivity contribution in [1.82, 2.24) is 9.97 Å². The lowest BCUT2D eigenvalue weighted by Crippen LogP contribution is -2.09. The zero-order valence-electron chi connectivity index (χ0n) is 14.4. The number of hydrogen-bond donors (Lipinski definition) is 1. The lowest BCUT2D eigenvalue weighted by molar-refractivity contribution is 0.103. The Morgan fingerprint density at radius 2 is 1.93 bits per heavy atom. The molecule has 0 saturated heterocycles. The monoisotopic (exact) mass is 377 g/mol. The average Bonchev–Trinajstić information content (AvgIpc) is 3.36. The van der Waals surface area contributed by atoms with Crippen LogP contribution in [0.2, 0.25) is 0 Å². The van der Waals surface area contributed by atoms with Gasteiger partial charge in [0.25, 0.3) is 5.91 Å². The molecule has 0 unspecified atom stereocenters. The highest BCUT2D eigenvalue weighted by Gasteiger charge is 2.13. The zero-order chi connectivity index (χ0) is 18.6. The third-order valence-electron chi connectivity index (χ3n) is 3.68. The molecular formula is C20H15N3O3S. The molecule has 0 aliphatic carbocycles. The Hall–Kier alpha value is -3.45. The lowest BCUT2D eigenvalue weighted by atomic mass is 10.3. The van der Waals surface area contributed by atoms with E-state index in [1.54, 1.807) is 49.0 Å². The van der Waals surface area contributed by atoms with Crippen LogP contribution in [0.3, 0.4) is 0 Å². The summed E-state index contributed by atoms with van der Waals surface area (Å²) in [6, 6.07) is 14.4. The average molecular weight is 377 g/mol. The van der Waals surface area contributed by atoms with Gasteiger partial charge in [0, 0.05) is 18.0 Å². The van der Waals surface area contributed by atoms with Gasteiger partial charge in [-0.15, -0.1) is 11.3 Å². The summed E-state index contributed by atoms with van der Waals surface area (Å²) in [4.78, 5) is 21.3. The van der Waals surface area contributed by atoms with Crippen LogP contribution in [0.15, 0.2) is 71.6 Å². The molecular weight excluding hydrogens is 362 g/mol. The number of rotatable bonds is 5. The maximum atomic E-state index is 12.4. The van der Waals surface area contributed by atoms with E-state index in [1.165, 1.54) is 11.3 Å². The fourth-order valence-corrected chi connectivity index (χ4v) is 3.11. The van der Waals surface area contributed by atoms with E-state index in [0.29, 0.717) is 33.0 Å². The van der Waals surface area contributed by atoms with Crippen LogP contribution in [0.25, 0.3) is 10.8 Å². The number of amides is 1. The van der Waals surface area contributed by atoms with E-state index >= 15 is 0 Å². The number of nitrogens with one attached hydrogen (secondary N) is 1. The summed E-state index contributed by atoms with van der Waals surface area (Å²) in [5.41, 5.74) is 1.73. The number of carbonyl (C=O) groups is 1. The minimum Gasteiger partial charge on any atom is -0.462 e. The molecule has 4 rings (SSSR count). The second-order valence-corrected chi connectivity index (χ2v) is 6.79. The van der Waals surface area contributed by atoms with Crippen LogP contribution in [0.4, 0.5) is 5.69 Å². The summed E-state index contributed by atoms with van der Waals surface area (Å²) in [6.07, 6.45) is 4.86. The van der Waals surface area contributed by atoms with Crippen molar-refractivity contribution in [3.05, 3.63) is 77.6 Å². The molecule has 1 amide bonds. The van der Waals surface area contributed by atoms with Crippen LogP contribution < -0.4 is 10.1 Å². The highest BCUT2D eigenvalue weighted by atomic mass is 32.1. The first kappa shape index (κ1) is 17.0. The van der Waals surface area contributed by atoms with Gasteiger partial charge in [0.05, 0.1) is 12.5 Å². The van der Waals surface area contributed by atoms with E-state index in [1.807, 2.05) is 25.1 Å². The third-order valence-corrected chi connectivity index (χ3v) is 4.69. The second kappa shape index (κ2) is 7.43. The molecule has 134 valence electrons. The second-order valence-electron chi connectivity index (χ2n) is 5.76. The smallest absolute Gasteiger partial charge is 0.267 e. The fraction of sp³-hybridized carbons (Fsp3) is 0.0500. The maximum Gasteiger partial charge on any atom is 0.267 e. The van der Waals surface area contributed by atoms with Crippen molar-refractivity contribution in [2.75, 3.05) is 5.32 Å². The Morgan fingerprint density at radius 3 is 2.63 bits per heavy atom. The Balaban J connectivity index is 1.40. The van der Waals surface area contributed by atoms with Gasteiger partial charge < -0.3 is 14.5 Å². The molecule has 27 heavy (non-hydrogen) atoms. The van der Waals surface area contributed by atoms with E-state index in [2.05, 4.69) is 15.3 Å². The van der Waals surface area contributed by atoms with Crippen LogP contribution >= 0.6 is 11.3 Å². The largest absolute Gasteiger partial charge is 0.462 e. The zero-order valence-corrected chi connectivity index (χ0v) is 15.2. The molecule has 0 atom stereocenters. The number of aromatic nitrogens is 2. The predicted octanol–water partition coefficient (Wildman–Crippen LogP) is 5.15. The number of thiazole rings is 1. The number of anilines is 1. The lowest BCUT2D eigenvalue weighted by Gasteiger charge is -2.07. The standard InChI is InChI=1S/C20H15N3O3S/c1-13-4-9-18(21-11-13)26-15-7-5-14(6-8-15)23-19(24)17-12-22-20(27-17)16-3-2-10-25-16/h2-12H,1H3,(H,23,24). The third kappa shape index (κ3) is 4.04. The molecule has 4 aromatic rings. The van der Waals surface area contributed by atoms with Crippen molar-refractivity contribution in [3.8, 4) is 22.4 Å². The molecule has 1 aromatic carbocycles. The first-order valence-electron chi connectivity index (χ1n) is 8.19. The van der Waals surface area contributed by atoms with Gasteiger partial charge in [0.2, 0.25) is 5.88 Å². The van der Waals surface area contributed by atoms with Gasteiger partial charge in [0.1, 0.15) is 10.6 Å². The van der Waals surface area contributed by atoms with E-state index in [-0.39, 0.29) is 5.91 Å². The van der Waals surface area contributed by atoms with Gasteiger partial charge in [-0.3, -0.25) is 4.79 Å². The van der Waals surface area contributed by atoms with Crippen LogP contribution in [0, 0.1) is 6.92 Å². The van der Waals surface area contributed by atoms with Crippen LogP contribution in [-0.4, -0.2) is 15.9 Å².